The molecule has 106 valence electrons. The number of hydrogen-bond donors (Lipinski definition) is 3. The van der Waals surface area contributed by atoms with Crippen molar-refractivity contribution < 1.29 is 13.2 Å². The molecule has 1 rings (SSSR count). The summed E-state index contributed by atoms with van der Waals surface area (Å²) in [6, 6.07) is 6.00. The molecule has 0 aliphatic heterocycles. The second kappa shape index (κ2) is 6.65. The van der Waals surface area contributed by atoms with Gasteiger partial charge in [0, 0.05) is 12.5 Å². The molecule has 0 saturated heterocycles. The second-order valence-electron chi connectivity index (χ2n) is 4.12. The number of benzene rings is 1. The highest BCUT2D eigenvalue weighted by atomic mass is 32.2. The van der Waals surface area contributed by atoms with Gasteiger partial charge in [0.1, 0.15) is 4.90 Å². The monoisotopic (exact) mass is 285 g/mol. The van der Waals surface area contributed by atoms with Gasteiger partial charge in [0.05, 0.1) is 5.69 Å². The van der Waals surface area contributed by atoms with Crippen molar-refractivity contribution in [3.63, 3.8) is 0 Å². The van der Waals surface area contributed by atoms with Gasteiger partial charge in [-0.3, -0.25) is 4.79 Å². The van der Waals surface area contributed by atoms with Gasteiger partial charge in [-0.1, -0.05) is 19.1 Å². The lowest BCUT2D eigenvalue weighted by molar-refractivity contribution is -0.116. The highest BCUT2D eigenvalue weighted by molar-refractivity contribution is 7.89. The minimum absolute atomic E-state index is 0.0379. The van der Waals surface area contributed by atoms with E-state index in [0.717, 1.165) is 0 Å². The van der Waals surface area contributed by atoms with E-state index < -0.39 is 10.0 Å². The Bertz CT molecular complexity index is 543. The van der Waals surface area contributed by atoms with Crippen LogP contribution >= 0.6 is 0 Å². The van der Waals surface area contributed by atoms with E-state index in [4.69, 9.17) is 5.73 Å². The van der Waals surface area contributed by atoms with Crippen LogP contribution in [0.5, 0.6) is 0 Å². The molecular formula is C12H19N3O3S. The highest BCUT2D eigenvalue weighted by Gasteiger charge is 2.17. The number of para-hydroxylation sites is 1. The zero-order chi connectivity index (χ0) is 14.5. The van der Waals surface area contributed by atoms with Gasteiger partial charge in [-0.2, -0.15) is 0 Å². The van der Waals surface area contributed by atoms with Gasteiger partial charge in [0.25, 0.3) is 0 Å². The van der Waals surface area contributed by atoms with Crippen molar-refractivity contribution in [1.29, 1.82) is 0 Å². The minimum atomic E-state index is -3.60. The molecular weight excluding hydrogens is 266 g/mol. The molecule has 0 heterocycles. The number of amides is 1. The van der Waals surface area contributed by atoms with E-state index in [1.807, 2.05) is 6.92 Å². The number of sulfonamides is 1. The third-order valence-electron chi connectivity index (χ3n) is 2.69. The number of hydrogen-bond acceptors (Lipinski definition) is 4. The van der Waals surface area contributed by atoms with Crippen LogP contribution in [0.4, 0.5) is 5.69 Å². The van der Waals surface area contributed by atoms with Crippen LogP contribution < -0.4 is 15.8 Å². The number of nitrogens with one attached hydrogen (secondary N) is 2. The maximum absolute atomic E-state index is 11.8. The largest absolute Gasteiger partial charge is 0.327 e. The molecule has 0 aromatic heterocycles. The van der Waals surface area contributed by atoms with Crippen molar-refractivity contribution in [1.82, 2.24) is 4.72 Å². The summed E-state index contributed by atoms with van der Waals surface area (Å²) in [7, 11) is -2.28. The summed E-state index contributed by atoms with van der Waals surface area (Å²) >= 11 is 0. The van der Waals surface area contributed by atoms with E-state index in [-0.39, 0.29) is 29.0 Å². The summed E-state index contributed by atoms with van der Waals surface area (Å²) in [6.45, 7) is 1.89. The number of rotatable bonds is 6. The summed E-state index contributed by atoms with van der Waals surface area (Å²) in [5.74, 6) is -0.298. The fraction of sp³-hybridized carbons (Fsp3) is 0.417. The Morgan fingerprint density at radius 1 is 1.37 bits per heavy atom. The van der Waals surface area contributed by atoms with E-state index in [0.29, 0.717) is 6.42 Å². The highest BCUT2D eigenvalue weighted by Crippen LogP contribution is 2.20. The standard InChI is InChI=1S/C12H19N3O3S/c1-3-9(13)8-12(16)15-10-6-4-5-7-11(10)19(17,18)14-2/h4-7,9,14H,3,8,13H2,1-2H3,(H,15,16). The van der Waals surface area contributed by atoms with Gasteiger partial charge < -0.3 is 11.1 Å². The van der Waals surface area contributed by atoms with Crippen LogP contribution in [-0.4, -0.2) is 27.4 Å². The van der Waals surface area contributed by atoms with Crippen molar-refractivity contribution in [2.75, 3.05) is 12.4 Å². The van der Waals surface area contributed by atoms with Crippen LogP contribution in [0.2, 0.25) is 0 Å². The van der Waals surface area contributed by atoms with Gasteiger partial charge in [0.15, 0.2) is 0 Å². The van der Waals surface area contributed by atoms with Crippen LogP contribution in [0, 0.1) is 0 Å². The van der Waals surface area contributed by atoms with Gasteiger partial charge in [-0.25, -0.2) is 13.1 Å². The van der Waals surface area contributed by atoms with Crippen LogP contribution in [-0.2, 0) is 14.8 Å². The maximum Gasteiger partial charge on any atom is 0.242 e. The number of anilines is 1. The Balaban J connectivity index is 2.94. The summed E-state index contributed by atoms with van der Waals surface area (Å²) in [6.07, 6.45) is 0.842. The van der Waals surface area contributed by atoms with Gasteiger partial charge in [-0.15, -0.1) is 0 Å². The molecule has 1 aromatic rings. The third kappa shape index (κ3) is 4.30. The quantitative estimate of drug-likeness (QED) is 0.714. The van der Waals surface area contributed by atoms with E-state index in [1.165, 1.54) is 13.1 Å². The van der Waals surface area contributed by atoms with Crippen molar-refractivity contribution in [3.05, 3.63) is 24.3 Å². The van der Waals surface area contributed by atoms with E-state index in [1.54, 1.807) is 18.2 Å². The first-order valence-electron chi connectivity index (χ1n) is 5.98. The molecule has 0 bridgehead atoms. The number of carbonyl (C=O) groups excluding carboxylic acids is 1. The molecule has 1 amide bonds. The molecule has 1 atom stereocenters. The Hall–Kier alpha value is -1.44. The van der Waals surface area contributed by atoms with Crippen molar-refractivity contribution in [3.8, 4) is 0 Å². The molecule has 0 radical (unpaired) electrons. The third-order valence-corrected chi connectivity index (χ3v) is 4.16. The molecule has 7 heteroatoms. The normalized spacial score (nSPS) is 13.0. The molecule has 0 spiro atoms. The first kappa shape index (κ1) is 15.6. The Morgan fingerprint density at radius 2 is 2.00 bits per heavy atom. The van der Waals surface area contributed by atoms with Crippen molar-refractivity contribution in [2.45, 2.75) is 30.7 Å². The molecule has 1 unspecified atom stereocenters. The number of nitrogens with two attached hydrogens (primary N) is 1. The minimum Gasteiger partial charge on any atom is -0.327 e. The fourth-order valence-electron chi connectivity index (χ4n) is 1.50. The van der Waals surface area contributed by atoms with E-state index in [9.17, 15) is 13.2 Å². The lowest BCUT2D eigenvalue weighted by Crippen LogP contribution is -2.27. The molecule has 19 heavy (non-hydrogen) atoms. The smallest absolute Gasteiger partial charge is 0.242 e. The zero-order valence-corrected chi connectivity index (χ0v) is 11.8. The van der Waals surface area contributed by atoms with Crippen LogP contribution in [0.25, 0.3) is 0 Å². The first-order valence-corrected chi connectivity index (χ1v) is 7.47. The van der Waals surface area contributed by atoms with Crippen LogP contribution in [0.1, 0.15) is 19.8 Å². The van der Waals surface area contributed by atoms with E-state index in [2.05, 4.69) is 10.0 Å². The molecule has 4 N–H and O–H groups in total. The van der Waals surface area contributed by atoms with Crippen LogP contribution in [0.15, 0.2) is 29.2 Å². The Kier molecular flexibility index (Phi) is 5.46. The summed E-state index contributed by atoms with van der Waals surface area (Å²) in [4.78, 5) is 11.8. The van der Waals surface area contributed by atoms with Crippen molar-refractivity contribution in [2.24, 2.45) is 5.73 Å². The Labute approximate surface area is 113 Å². The average molecular weight is 285 g/mol. The fourth-order valence-corrected chi connectivity index (χ4v) is 2.38. The zero-order valence-electron chi connectivity index (χ0n) is 11.0. The topological polar surface area (TPSA) is 101 Å². The maximum atomic E-state index is 11.8. The summed E-state index contributed by atoms with van der Waals surface area (Å²) in [5, 5.41) is 2.58. The molecule has 0 aliphatic rings. The van der Waals surface area contributed by atoms with E-state index >= 15 is 0 Å². The second-order valence-corrected chi connectivity index (χ2v) is 5.98. The summed E-state index contributed by atoms with van der Waals surface area (Å²) in [5.41, 5.74) is 5.94. The van der Waals surface area contributed by atoms with Gasteiger partial charge in [-0.05, 0) is 25.6 Å². The lowest BCUT2D eigenvalue weighted by Gasteiger charge is -2.12. The first-order chi connectivity index (χ1) is 8.90. The summed E-state index contributed by atoms with van der Waals surface area (Å²) < 4.78 is 25.8. The number of carbonyl (C=O) groups is 1. The molecule has 1 aromatic carbocycles. The lowest BCUT2D eigenvalue weighted by atomic mass is 10.1. The van der Waals surface area contributed by atoms with Gasteiger partial charge >= 0.3 is 0 Å². The molecule has 0 aliphatic carbocycles. The average Bonchev–Trinajstić information content (AvgIpc) is 2.38. The molecule has 6 nitrogen and oxygen atoms in total. The molecule has 0 saturated carbocycles. The van der Waals surface area contributed by atoms with Crippen molar-refractivity contribution >= 4 is 21.6 Å². The van der Waals surface area contributed by atoms with Gasteiger partial charge in [0.2, 0.25) is 15.9 Å². The Morgan fingerprint density at radius 3 is 2.58 bits per heavy atom. The van der Waals surface area contributed by atoms with Crippen LogP contribution in [0.3, 0.4) is 0 Å². The predicted molar refractivity (Wildman–Crippen MR) is 74.2 cm³/mol. The molecule has 0 fully saturated rings. The SMILES string of the molecule is CCC(N)CC(=O)Nc1ccccc1S(=O)(=O)NC. The predicted octanol–water partition coefficient (Wildman–Crippen LogP) is 0.661.